The van der Waals surface area contributed by atoms with Gasteiger partial charge in [0.2, 0.25) is 5.91 Å². The lowest BCUT2D eigenvalue weighted by Gasteiger charge is -2.29. The van der Waals surface area contributed by atoms with Crippen LogP contribution < -0.4 is 10.2 Å². The Kier molecular flexibility index (Phi) is 6.60. The average Bonchev–Trinajstić information content (AvgIpc) is 3.04. The van der Waals surface area contributed by atoms with Crippen LogP contribution in [0.4, 0.5) is 20.6 Å². The lowest BCUT2D eigenvalue weighted by molar-refractivity contribution is -0.127. The van der Waals surface area contributed by atoms with Gasteiger partial charge in [-0.1, -0.05) is 18.2 Å². The Morgan fingerprint density at radius 2 is 1.88 bits per heavy atom. The second-order valence-electron chi connectivity index (χ2n) is 7.88. The second kappa shape index (κ2) is 9.56. The quantitative estimate of drug-likeness (QED) is 0.659. The average molecular weight is 454 g/mol. The van der Waals surface area contributed by atoms with Crippen molar-refractivity contribution in [1.29, 1.82) is 0 Å². The van der Waals surface area contributed by atoms with Gasteiger partial charge in [0.25, 0.3) is 11.1 Å². The Hall–Kier alpha value is -3.13. The molecular formula is C24H24FN3O3S. The summed E-state index contributed by atoms with van der Waals surface area (Å²) in [6, 6.07) is 11.8. The number of thioether (sulfide) groups is 1. The molecule has 0 bridgehead atoms. The first-order valence-corrected chi connectivity index (χ1v) is 11.4. The largest absolute Gasteiger partial charge is 0.372 e. The van der Waals surface area contributed by atoms with E-state index >= 15 is 0 Å². The van der Waals surface area contributed by atoms with Crippen molar-refractivity contribution < 1.29 is 18.8 Å². The van der Waals surface area contributed by atoms with Crippen LogP contribution in [0, 0.1) is 12.7 Å². The molecular weight excluding hydrogens is 429 g/mol. The molecule has 0 aliphatic carbocycles. The third-order valence-corrected chi connectivity index (χ3v) is 6.49. The zero-order chi connectivity index (χ0) is 22.7. The third-order valence-electron chi connectivity index (χ3n) is 5.58. The standard InChI is InChI=1S/C24H24FN3O3S/c1-16-13-18(27-11-5-2-6-12-27)10-9-17(16)14-21-23(30)28(24(31)32-21)15-22(29)26-20-8-4-3-7-19(20)25/h3-4,7-10,13-14H,2,5-6,11-12,15H2,1H3,(H,26,29)/b21-14-. The monoisotopic (exact) mass is 453 g/mol. The van der Waals surface area contributed by atoms with E-state index in [0.29, 0.717) is 0 Å². The molecule has 2 aromatic carbocycles. The highest BCUT2D eigenvalue weighted by Crippen LogP contribution is 2.33. The maximum Gasteiger partial charge on any atom is 0.294 e. The molecule has 32 heavy (non-hydrogen) atoms. The minimum atomic E-state index is -0.638. The number of benzene rings is 2. The SMILES string of the molecule is Cc1cc(N2CCCCC2)ccc1/C=C1\SC(=O)N(CC(=O)Nc2ccccc2F)C1=O. The Bertz CT molecular complexity index is 1100. The summed E-state index contributed by atoms with van der Waals surface area (Å²) in [5.41, 5.74) is 3.03. The number of hydrogen-bond acceptors (Lipinski definition) is 5. The number of nitrogens with zero attached hydrogens (tertiary/aromatic N) is 2. The van der Waals surface area contributed by atoms with E-state index in [-0.39, 0.29) is 10.6 Å². The molecule has 6 nitrogen and oxygen atoms in total. The molecule has 0 aromatic heterocycles. The Balaban J connectivity index is 1.45. The highest BCUT2D eigenvalue weighted by atomic mass is 32.2. The van der Waals surface area contributed by atoms with E-state index in [1.54, 1.807) is 12.1 Å². The normalized spacial score (nSPS) is 17.9. The summed E-state index contributed by atoms with van der Waals surface area (Å²) < 4.78 is 13.7. The van der Waals surface area contributed by atoms with E-state index in [9.17, 15) is 18.8 Å². The third kappa shape index (κ3) is 4.85. The van der Waals surface area contributed by atoms with Crippen molar-refractivity contribution in [2.75, 3.05) is 29.9 Å². The van der Waals surface area contributed by atoms with Crippen LogP contribution in [0.3, 0.4) is 0 Å². The second-order valence-corrected chi connectivity index (χ2v) is 8.88. The fourth-order valence-electron chi connectivity index (χ4n) is 3.84. The van der Waals surface area contributed by atoms with Crippen LogP contribution in [-0.2, 0) is 9.59 Å². The van der Waals surface area contributed by atoms with Gasteiger partial charge in [-0.3, -0.25) is 19.3 Å². The van der Waals surface area contributed by atoms with Gasteiger partial charge in [-0.25, -0.2) is 4.39 Å². The maximum absolute atomic E-state index is 13.7. The minimum absolute atomic E-state index is 0.00411. The number of carbonyl (C=O) groups is 3. The maximum atomic E-state index is 13.7. The highest BCUT2D eigenvalue weighted by Gasteiger charge is 2.36. The molecule has 0 unspecified atom stereocenters. The molecule has 2 heterocycles. The number of amides is 3. The van der Waals surface area contributed by atoms with Crippen LogP contribution in [0.25, 0.3) is 6.08 Å². The topological polar surface area (TPSA) is 69.7 Å². The van der Waals surface area contributed by atoms with E-state index in [1.165, 1.54) is 37.5 Å². The first-order valence-electron chi connectivity index (χ1n) is 10.6. The summed E-state index contributed by atoms with van der Waals surface area (Å²) in [5, 5.41) is 1.87. The van der Waals surface area contributed by atoms with Gasteiger partial charge < -0.3 is 10.2 Å². The number of carbonyl (C=O) groups excluding carboxylic acids is 3. The fraction of sp³-hybridized carbons (Fsp3) is 0.292. The van der Waals surface area contributed by atoms with Crippen LogP contribution in [0.2, 0.25) is 0 Å². The molecule has 0 atom stereocenters. The van der Waals surface area contributed by atoms with Crippen molar-refractivity contribution in [3.05, 3.63) is 64.3 Å². The molecule has 2 aliphatic heterocycles. The van der Waals surface area contributed by atoms with E-state index in [0.717, 1.165) is 46.6 Å². The molecule has 0 saturated carbocycles. The number of para-hydroxylation sites is 1. The summed E-state index contributed by atoms with van der Waals surface area (Å²) in [6.45, 7) is 3.60. The van der Waals surface area contributed by atoms with Gasteiger partial charge in [0.05, 0.1) is 10.6 Å². The number of aryl methyl sites for hydroxylation is 1. The molecule has 0 radical (unpaired) electrons. The van der Waals surface area contributed by atoms with Crippen molar-refractivity contribution >= 4 is 46.3 Å². The first-order chi connectivity index (χ1) is 15.4. The van der Waals surface area contributed by atoms with Gasteiger partial charge in [0, 0.05) is 18.8 Å². The van der Waals surface area contributed by atoms with Crippen molar-refractivity contribution in [2.24, 2.45) is 0 Å². The molecule has 2 aliphatic rings. The summed E-state index contributed by atoms with van der Waals surface area (Å²) in [7, 11) is 0. The number of nitrogens with one attached hydrogen (secondary N) is 1. The Morgan fingerprint density at radius 3 is 2.59 bits per heavy atom. The lowest BCUT2D eigenvalue weighted by atomic mass is 10.0. The van der Waals surface area contributed by atoms with Crippen LogP contribution in [0.15, 0.2) is 47.4 Å². The molecule has 2 aromatic rings. The van der Waals surface area contributed by atoms with Crippen molar-refractivity contribution in [1.82, 2.24) is 4.90 Å². The van der Waals surface area contributed by atoms with E-state index < -0.39 is 29.4 Å². The summed E-state index contributed by atoms with van der Waals surface area (Å²) >= 11 is 0.803. The molecule has 2 fully saturated rings. The van der Waals surface area contributed by atoms with E-state index in [4.69, 9.17) is 0 Å². The zero-order valence-corrected chi connectivity index (χ0v) is 18.6. The van der Waals surface area contributed by atoms with Gasteiger partial charge in [-0.05, 0) is 79.4 Å². The Labute approximate surface area is 190 Å². The van der Waals surface area contributed by atoms with Crippen LogP contribution >= 0.6 is 11.8 Å². The number of piperidine rings is 1. The zero-order valence-electron chi connectivity index (χ0n) is 17.8. The van der Waals surface area contributed by atoms with Crippen molar-refractivity contribution in [3.8, 4) is 0 Å². The van der Waals surface area contributed by atoms with Gasteiger partial charge >= 0.3 is 0 Å². The first kappa shape index (κ1) is 22.1. The van der Waals surface area contributed by atoms with Crippen molar-refractivity contribution in [3.63, 3.8) is 0 Å². The van der Waals surface area contributed by atoms with Gasteiger partial charge in [0.1, 0.15) is 12.4 Å². The lowest BCUT2D eigenvalue weighted by Crippen LogP contribution is -2.36. The molecule has 166 valence electrons. The van der Waals surface area contributed by atoms with Crippen LogP contribution in [-0.4, -0.2) is 41.6 Å². The smallest absolute Gasteiger partial charge is 0.294 e. The van der Waals surface area contributed by atoms with E-state index in [1.807, 2.05) is 19.1 Å². The van der Waals surface area contributed by atoms with Gasteiger partial charge in [-0.15, -0.1) is 0 Å². The molecule has 4 rings (SSSR count). The van der Waals surface area contributed by atoms with Gasteiger partial charge in [-0.2, -0.15) is 0 Å². The summed E-state index contributed by atoms with van der Waals surface area (Å²) in [5.74, 6) is -1.75. The van der Waals surface area contributed by atoms with Crippen molar-refractivity contribution in [2.45, 2.75) is 26.2 Å². The van der Waals surface area contributed by atoms with Crippen LogP contribution in [0.5, 0.6) is 0 Å². The summed E-state index contributed by atoms with van der Waals surface area (Å²) in [6.07, 6.45) is 5.34. The van der Waals surface area contributed by atoms with Gasteiger partial charge in [0.15, 0.2) is 0 Å². The predicted molar refractivity (Wildman–Crippen MR) is 125 cm³/mol. The molecule has 2 saturated heterocycles. The van der Waals surface area contributed by atoms with E-state index in [2.05, 4.69) is 16.3 Å². The fourth-order valence-corrected chi connectivity index (χ4v) is 4.67. The number of imide groups is 1. The number of rotatable bonds is 5. The summed E-state index contributed by atoms with van der Waals surface area (Å²) in [4.78, 5) is 40.9. The Morgan fingerprint density at radius 1 is 1.12 bits per heavy atom. The molecule has 0 spiro atoms. The number of halogens is 1. The minimum Gasteiger partial charge on any atom is -0.372 e. The molecule has 1 N–H and O–H groups in total. The van der Waals surface area contributed by atoms with Crippen LogP contribution in [0.1, 0.15) is 30.4 Å². The molecule has 8 heteroatoms. The molecule has 3 amide bonds. The highest BCUT2D eigenvalue weighted by molar-refractivity contribution is 8.18. The number of anilines is 2. The number of hydrogen-bond donors (Lipinski definition) is 1. The predicted octanol–water partition coefficient (Wildman–Crippen LogP) is 4.80.